The SMILES string of the molecule is CCOC(=O)C1=C(O)C(=Cc2cc(OC)ccc2OC)SC1=Nc1cccc(C)c1. The fourth-order valence-electron chi connectivity index (χ4n) is 2.90. The summed E-state index contributed by atoms with van der Waals surface area (Å²) in [6.07, 6.45) is 1.74. The summed E-state index contributed by atoms with van der Waals surface area (Å²) in [5.74, 6) is 0.469. The van der Waals surface area contributed by atoms with Crippen LogP contribution < -0.4 is 9.47 Å². The zero-order chi connectivity index (χ0) is 21.7. The molecule has 30 heavy (non-hydrogen) atoms. The Bertz CT molecular complexity index is 1060. The molecule has 156 valence electrons. The maximum absolute atomic E-state index is 12.5. The lowest BCUT2D eigenvalue weighted by atomic mass is 10.1. The van der Waals surface area contributed by atoms with Crippen LogP contribution in [-0.2, 0) is 9.53 Å². The minimum Gasteiger partial charge on any atom is -0.506 e. The van der Waals surface area contributed by atoms with Gasteiger partial charge in [-0.05, 0) is 55.8 Å². The number of rotatable bonds is 6. The van der Waals surface area contributed by atoms with Crippen LogP contribution in [0.4, 0.5) is 5.69 Å². The number of nitrogens with zero attached hydrogens (tertiary/aromatic N) is 1. The van der Waals surface area contributed by atoms with Gasteiger partial charge in [0.1, 0.15) is 27.9 Å². The smallest absolute Gasteiger partial charge is 0.344 e. The lowest BCUT2D eigenvalue weighted by Gasteiger charge is -2.08. The second-order valence-electron chi connectivity index (χ2n) is 6.42. The maximum atomic E-state index is 12.5. The molecule has 7 heteroatoms. The molecule has 0 aliphatic carbocycles. The fraction of sp³-hybridized carbons (Fsp3) is 0.217. The molecule has 2 aromatic rings. The second-order valence-corrected chi connectivity index (χ2v) is 7.45. The van der Waals surface area contributed by atoms with Gasteiger partial charge in [-0.2, -0.15) is 0 Å². The molecule has 2 aromatic carbocycles. The highest BCUT2D eigenvalue weighted by atomic mass is 32.2. The summed E-state index contributed by atoms with van der Waals surface area (Å²) in [6, 6.07) is 12.9. The van der Waals surface area contributed by atoms with Crippen molar-refractivity contribution in [1.82, 2.24) is 0 Å². The van der Waals surface area contributed by atoms with E-state index in [4.69, 9.17) is 14.2 Å². The van der Waals surface area contributed by atoms with Gasteiger partial charge in [0.25, 0.3) is 0 Å². The third kappa shape index (κ3) is 4.68. The van der Waals surface area contributed by atoms with Crippen LogP contribution in [0.5, 0.6) is 11.5 Å². The van der Waals surface area contributed by atoms with Crippen molar-refractivity contribution in [3.8, 4) is 11.5 Å². The Balaban J connectivity index is 2.09. The van der Waals surface area contributed by atoms with Crippen LogP contribution in [0.25, 0.3) is 6.08 Å². The fourth-order valence-corrected chi connectivity index (χ4v) is 3.93. The Hall–Kier alpha value is -3.19. The molecule has 0 spiro atoms. The Kier molecular flexibility index (Phi) is 6.84. The van der Waals surface area contributed by atoms with Gasteiger partial charge in [0.05, 0.1) is 31.4 Å². The molecule has 0 bridgehead atoms. The number of aliphatic imine (C=N–C) groups is 1. The van der Waals surface area contributed by atoms with Crippen LogP contribution in [0.3, 0.4) is 0 Å². The van der Waals surface area contributed by atoms with Crippen molar-refractivity contribution in [2.24, 2.45) is 4.99 Å². The number of aliphatic hydroxyl groups excluding tert-OH is 1. The van der Waals surface area contributed by atoms with Crippen molar-refractivity contribution in [2.75, 3.05) is 20.8 Å². The van der Waals surface area contributed by atoms with Gasteiger partial charge < -0.3 is 19.3 Å². The highest BCUT2D eigenvalue weighted by molar-refractivity contribution is 8.18. The minimum atomic E-state index is -0.616. The van der Waals surface area contributed by atoms with Gasteiger partial charge in [-0.15, -0.1) is 0 Å². The van der Waals surface area contributed by atoms with E-state index in [1.165, 1.54) is 11.8 Å². The topological polar surface area (TPSA) is 77.4 Å². The highest BCUT2D eigenvalue weighted by Gasteiger charge is 2.33. The summed E-state index contributed by atoms with van der Waals surface area (Å²) in [4.78, 5) is 17.6. The molecule has 0 atom stereocenters. The standard InChI is InChI=1S/C23H23NO5S/c1-5-29-23(26)20-21(25)19(13-15-12-17(27-3)9-10-18(15)28-4)30-22(20)24-16-8-6-7-14(2)11-16/h6-13,25H,5H2,1-4H3. The number of ether oxygens (including phenoxy) is 3. The number of methoxy groups -OCH3 is 2. The summed E-state index contributed by atoms with van der Waals surface area (Å²) in [7, 11) is 3.14. The molecule has 1 aliphatic rings. The number of hydrogen-bond acceptors (Lipinski definition) is 7. The average Bonchev–Trinajstić information content (AvgIpc) is 3.02. The number of esters is 1. The van der Waals surface area contributed by atoms with Crippen LogP contribution in [-0.4, -0.2) is 36.9 Å². The third-order valence-electron chi connectivity index (χ3n) is 4.33. The van der Waals surface area contributed by atoms with Crippen molar-refractivity contribution in [3.63, 3.8) is 0 Å². The molecule has 1 N–H and O–H groups in total. The molecule has 0 fully saturated rings. The third-order valence-corrected chi connectivity index (χ3v) is 5.35. The first-order valence-electron chi connectivity index (χ1n) is 9.34. The van der Waals surface area contributed by atoms with Crippen molar-refractivity contribution in [2.45, 2.75) is 13.8 Å². The molecular formula is C23H23NO5S. The van der Waals surface area contributed by atoms with Gasteiger partial charge in [-0.25, -0.2) is 9.79 Å². The molecule has 0 unspecified atom stereocenters. The van der Waals surface area contributed by atoms with E-state index < -0.39 is 5.97 Å². The molecule has 6 nitrogen and oxygen atoms in total. The number of aryl methyl sites for hydroxylation is 1. The van der Waals surface area contributed by atoms with E-state index in [0.29, 0.717) is 32.7 Å². The minimum absolute atomic E-state index is 0.0523. The molecule has 3 rings (SSSR count). The first-order chi connectivity index (χ1) is 14.5. The van der Waals surface area contributed by atoms with Crippen LogP contribution in [0, 0.1) is 6.92 Å². The summed E-state index contributed by atoms with van der Waals surface area (Å²) in [5, 5.41) is 11.2. The van der Waals surface area contributed by atoms with Crippen molar-refractivity contribution < 1.29 is 24.1 Å². The predicted molar refractivity (Wildman–Crippen MR) is 120 cm³/mol. The quantitative estimate of drug-likeness (QED) is 0.641. The van der Waals surface area contributed by atoms with Gasteiger partial charge in [-0.1, -0.05) is 23.9 Å². The second kappa shape index (κ2) is 9.54. The monoisotopic (exact) mass is 425 g/mol. The molecule has 0 amide bonds. The van der Waals surface area contributed by atoms with E-state index >= 15 is 0 Å². The number of hydrogen-bond donors (Lipinski definition) is 1. The lowest BCUT2D eigenvalue weighted by Crippen LogP contribution is -2.12. The number of carbonyl (C=O) groups excluding carboxylic acids is 1. The number of aliphatic hydroxyl groups is 1. The lowest BCUT2D eigenvalue weighted by molar-refractivity contribution is -0.138. The van der Waals surface area contributed by atoms with E-state index in [0.717, 1.165) is 5.56 Å². The molecule has 0 saturated heterocycles. The summed E-state index contributed by atoms with van der Waals surface area (Å²) < 4.78 is 15.8. The summed E-state index contributed by atoms with van der Waals surface area (Å²) >= 11 is 1.20. The summed E-state index contributed by atoms with van der Waals surface area (Å²) in [5.41, 5.74) is 2.48. The molecular weight excluding hydrogens is 402 g/mol. The van der Waals surface area contributed by atoms with Crippen LogP contribution in [0.2, 0.25) is 0 Å². The van der Waals surface area contributed by atoms with Crippen LogP contribution in [0.1, 0.15) is 18.1 Å². The zero-order valence-corrected chi connectivity index (χ0v) is 18.1. The van der Waals surface area contributed by atoms with Crippen molar-refractivity contribution in [1.29, 1.82) is 0 Å². The maximum Gasteiger partial charge on any atom is 0.344 e. The first kappa shape index (κ1) is 21.5. The van der Waals surface area contributed by atoms with Crippen LogP contribution >= 0.6 is 11.8 Å². The van der Waals surface area contributed by atoms with E-state index in [2.05, 4.69) is 4.99 Å². The Morgan fingerprint density at radius 2 is 1.97 bits per heavy atom. The van der Waals surface area contributed by atoms with Crippen molar-refractivity contribution >= 4 is 34.5 Å². The van der Waals surface area contributed by atoms with Crippen molar-refractivity contribution in [3.05, 3.63) is 69.8 Å². The molecule has 1 aliphatic heterocycles. The van der Waals surface area contributed by atoms with Gasteiger partial charge in [-0.3, -0.25) is 0 Å². The van der Waals surface area contributed by atoms with Crippen LogP contribution in [0.15, 0.2) is 63.7 Å². The Labute approximate surface area is 179 Å². The van der Waals surface area contributed by atoms with Gasteiger partial charge in [0.15, 0.2) is 0 Å². The van der Waals surface area contributed by atoms with E-state index in [1.807, 2.05) is 31.2 Å². The number of thioether (sulfide) groups is 1. The number of carbonyl (C=O) groups is 1. The Morgan fingerprint density at radius 1 is 1.17 bits per heavy atom. The van der Waals surface area contributed by atoms with Gasteiger partial charge in [0, 0.05) is 5.56 Å². The van der Waals surface area contributed by atoms with Gasteiger partial charge >= 0.3 is 5.97 Å². The van der Waals surface area contributed by atoms with E-state index in [1.54, 1.807) is 45.4 Å². The molecule has 1 heterocycles. The normalized spacial score (nSPS) is 16.3. The average molecular weight is 426 g/mol. The van der Waals surface area contributed by atoms with E-state index in [9.17, 15) is 9.90 Å². The molecule has 0 saturated carbocycles. The molecule has 0 aromatic heterocycles. The first-order valence-corrected chi connectivity index (χ1v) is 10.2. The number of benzene rings is 2. The molecule has 0 radical (unpaired) electrons. The highest BCUT2D eigenvalue weighted by Crippen LogP contribution is 2.41. The van der Waals surface area contributed by atoms with Gasteiger partial charge in [0.2, 0.25) is 0 Å². The Morgan fingerprint density at radius 3 is 2.63 bits per heavy atom. The largest absolute Gasteiger partial charge is 0.506 e. The predicted octanol–water partition coefficient (Wildman–Crippen LogP) is 5.21. The van der Waals surface area contributed by atoms with E-state index in [-0.39, 0.29) is 17.9 Å². The zero-order valence-electron chi connectivity index (χ0n) is 17.3. The summed E-state index contributed by atoms with van der Waals surface area (Å²) in [6.45, 7) is 3.87.